The highest BCUT2D eigenvalue weighted by Crippen LogP contribution is 2.15. The Morgan fingerprint density at radius 3 is 2.75 bits per heavy atom. The molecule has 0 spiro atoms. The number of hydrogen-bond donors (Lipinski definition) is 2. The van der Waals surface area contributed by atoms with Crippen molar-refractivity contribution in [1.82, 2.24) is 14.9 Å². The second-order valence-corrected chi connectivity index (χ2v) is 5.22. The van der Waals surface area contributed by atoms with Crippen LogP contribution in [0.1, 0.15) is 24.5 Å². The first-order valence-corrected chi connectivity index (χ1v) is 7.23. The van der Waals surface area contributed by atoms with Gasteiger partial charge in [-0.15, -0.1) is 0 Å². The first kappa shape index (κ1) is 15.0. The van der Waals surface area contributed by atoms with E-state index >= 15 is 0 Å². The van der Waals surface area contributed by atoms with E-state index in [2.05, 4.69) is 14.9 Å². The van der Waals surface area contributed by atoms with Gasteiger partial charge in [0.2, 0.25) is 0 Å². The van der Waals surface area contributed by atoms with E-state index in [9.17, 15) is 5.11 Å². The zero-order valence-electron chi connectivity index (χ0n) is 11.4. The minimum atomic E-state index is -0.485. The molecular formula is C15H20ClN3O. The van der Waals surface area contributed by atoms with Crippen molar-refractivity contribution in [3.8, 4) is 0 Å². The van der Waals surface area contributed by atoms with Gasteiger partial charge in [-0.3, -0.25) is 0 Å². The molecule has 1 aromatic carbocycles. The topological polar surface area (TPSA) is 50.1 Å². The number of halogens is 1. The summed E-state index contributed by atoms with van der Waals surface area (Å²) in [7, 11) is 0. The number of aryl methyl sites for hydroxylation is 1. The highest BCUT2D eigenvalue weighted by atomic mass is 35.5. The lowest BCUT2D eigenvalue weighted by atomic mass is 10.1. The van der Waals surface area contributed by atoms with Crippen molar-refractivity contribution in [3.05, 3.63) is 53.6 Å². The fourth-order valence-corrected chi connectivity index (χ4v) is 2.13. The molecule has 2 N–H and O–H groups in total. The Balaban J connectivity index is 1.57. The Morgan fingerprint density at radius 2 is 2.05 bits per heavy atom. The van der Waals surface area contributed by atoms with Gasteiger partial charge >= 0.3 is 0 Å². The summed E-state index contributed by atoms with van der Waals surface area (Å²) in [5, 5.41) is 14.0. The molecule has 0 amide bonds. The Kier molecular flexibility index (Phi) is 6.05. The number of unbranched alkanes of at least 4 members (excludes halogenated alkanes) is 1. The third-order valence-corrected chi connectivity index (χ3v) is 3.42. The fourth-order valence-electron chi connectivity index (χ4n) is 2.00. The van der Waals surface area contributed by atoms with Crippen molar-refractivity contribution in [2.45, 2.75) is 25.5 Å². The average molecular weight is 294 g/mol. The third-order valence-electron chi connectivity index (χ3n) is 3.17. The number of nitrogens with zero attached hydrogens (tertiary/aromatic N) is 2. The highest BCUT2D eigenvalue weighted by Gasteiger charge is 2.06. The summed E-state index contributed by atoms with van der Waals surface area (Å²) in [6.45, 7) is 2.45. The van der Waals surface area contributed by atoms with Crippen molar-refractivity contribution >= 4 is 11.6 Å². The monoisotopic (exact) mass is 293 g/mol. The van der Waals surface area contributed by atoms with Crippen molar-refractivity contribution < 1.29 is 5.11 Å². The van der Waals surface area contributed by atoms with Gasteiger partial charge in [0.25, 0.3) is 0 Å². The van der Waals surface area contributed by atoms with E-state index in [1.54, 1.807) is 18.3 Å². The summed E-state index contributed by atoms with van der Waals surface area (Å²) in [4.78, 5) is 4.01. The minimum Gasteiger partial charge on any atom is -0.387 e. The predicted octanol–water partition coefficient (Wildman–Crippen LogP) is 2.64. The van der Waals surface area contributed by atoms with E-state index in [0.29, 0.717) is 11.6 Å². The maximum atomic E-state index is 10.0. The van der Waals surface area contributed by atoms with Crippen molar-refractivity contribution in [2.24, 2.45) is 0 Å². The van der Waals surface area contributed by atoms with Gasteiger partial charge < -0.3 is 15.0 Å². The number of rotatable bonds is 8. The van der Waals surface area contributed by atoms with Crippen molar-refractivity contribution in [1.29, 1.82) is 0 Å². The molecule has 2 aromatic rings. The molecule has 0 aliphatic rings. The lowest BCUT2D eigenvalue weighted by Gasteiger charge is -2.12. The molecule has 1 heterocycles. The quantitative estimate of drug-likeness (QED) is 0.736. The van der Waals surface area contributed by atoms with Crippen LogP contribution < -0.4 is 5.32 Å². The van der Waals surface area contributed by atoms with Crippen molar-refractivity contribution in [2.75, 3.05) is 13.1 Å². The van der Waals surface area contributed by atoms with Crippen LogP contribution in [0.3, 0.4) is 0 Å². The van der Waals surface area contributed by atoms with E-state index < -0.39 is 6.10 Å². The van der Waals surface area contributed by atoms with Gasteiger partial charge in [-0.05, 0) is 37.1 Å². The van der Waals surface area contributed by atoms with E-state index in [-0.39, 0.29) is 0 Å². The average Bonchev–Trinajstić information content (AvgIpc) is 2.96. The largest absolute Gasteiger partial charge is 0.387 e. The van der Waals surface area contributed by atoms with Gasteiger partial charge in [-0.2, -0.15) is 0 Å². The smallest absolute Gasteiger partial charge is 0.0945 e. The van der Waals surface area contributed by atoms with Crippen LogP contribution in [0.15, 0.2) is 43.0 Å². The van der Waals surface area contributed by atoms with Crippen LogP contribution in [0.5, 0.6) is 0 Å². The first-order valence-electron chi connectivity index (χ1n) is 6.85. The second kappa shape index (κ2) is 8.04. The summed E-state index contributed by atoms with van der Waals surface area (Å²) in [5.41, 5.74) is 0.889. The van der Waals surface area contributed by atoms with Gasteiger partial charge in [0.1, 0.15) is 0 Å². The SMILES string of the molecule is OC(CNCCCCn1ccnc1)c1ccc(Cl)cc1. The summed E-state index contributed by atoms with van der Waals surface area (Å²) in [6.07, 6.45) is 7.28. The first-order chi connectivity index (χ1) is 9.75. The Hall–Kier alpha value is -1.36. The molecule has 4 nitrogen and oxygen atoms in total. The van der Waals surface area contributed by atoms with Gasteiger partial charge in [-0.25, -0.2) is 4.98 Å². The molecule has 0 fully saturated rings. The standard InChI is InChI=1S/C15H20ClN3O/c16-14-5-3-13(4-6-14)15(20)11-17-7-1-2-9-19-10-8-18-12-19/h3-6,8,10,12,15,17,20H,1-2,7,9,11H2. The maximum Gasteiger partial charge on any atom is 0.0945 e. The zero-order valence-corrected chi connectivity index (χ0v) is 12.1. The lowest BCUT2D eigenvalue weighted by molar-refractivity contribution is 0.174. The van der Waals surface area contributed by atoms with Gasteiger partial charge in [-0.1, -0.05) is 23.7 Å². The van der Waals surface area contributed by atoms with Gasteiger partial charge in [0.15, 0.2) is 0 Å². The molecule has 1 unspecified atom stereocenters. The molecular weight excluding hydrogens is 274 g/mol. The molecule has 0 aliphatic carbocycles. The van der Waals surface area contributed by atoms with Gasteiger partial charge in [0, 0.05) is 30.5 Å². The normalized spacial score (nSPS) is 12.5. The van der Waals surface area contributed by atoms with Crippen LogP contribution in [0, 0.1) is 0 Å². The number of aliphatic hydroxyl groups is 1. The van der Waals surface area contributed by atoms with Crippen LogP contribution >= 0.6 is 11.6 Å². The zero-order chi connectivity index (χ0) is 14.2. The van der Waals surface area contributed by atoms with E-state index in [1.807, 2.05) is 24.7 Å². The highest BCUT2D eigenvalue weighted by molar-refractivity contribution is 6.30. The number of hydrogen-bond acceptors (Lipinski definition) is 3. The molecule has 0 aliphatic heterocycles. The van der Waals surface area contributed by atoms with Crippen LogP contribution in [0.25, 0.3) is 0 Å². The number of nitrogens with one attached hydrogen (secondary N) is 1. The Bertz CT molecular complexity index is 484. The van der Waals surface area contributed by atoms with E-state index in [4.69, 9.17) is 11.6 Å². The minimum absolute atomic E-state index is 0.485. The van der Waals surface area contributed by atoms with E-state index in [0.717, 1.165) is 31.5 Å². The number of aliphatic hydroxyl groups excluding tert-OH is 1. The van der Waals surface area contributed by atoms with Gasteiger partial charge in [0.05, 0.1) is 12.4 Å². The number of benzene rings is 1. The van der Waals surface area contributed by atoms with E-state index in [1.165, 1.54) is 0 Å². The summed E-state index contributed by atoms with van der Waals surface area (Å²) >= 11 is 5.82. The molecule has 0 radical (unpaired) electrons. The summed E-state index contributed by atoms with van der Waals surface area (Å²) < 4.78 is 2.07. The Labute approximate surface area is 124 Å². The molecule has 0 saturated heterocycles. The lowest BCUT2D eigenvalue weighted by Crippen LogP contribution is -2.22. The molecule has 108 valence electrons. The fraction of sp³-hybridized carbons (Fsp3) is 0.400. The van der Waals surface area contributed by atoms with Crippen LogP contribution in [0.2, 0.25) is 5.02 Å². The van der Waals surface area contributed by atoms with Crippen LogP contribution in [-0.4, -0.2) is 27.7 Å². The molecule has 1 atom stereocenters. The molecule has 20 heavy (non-hydrogen) atoms. The number of imidazole rings is 1. The molecule has 5 heteroatoms. The summed E-state index contributed by atoms with van der Waals surface area (Å²) in [6, 6.07) is 7.30. The van der Waals surface area contributed by atoms with Crippen molar-refractivity contribution in [3.63, 3.8) is 0 Å². The molecule has 2 rings (SSSR count). The Morgan fingerprint density at radius 1 is 1.25 bits per heavy atom. The van der Waals surface area contributed by atoms with Crippen LogP contribution in [0.4, 0.5) is 0 Å². The molecule has 0 bridgehead atoms. The molecule has 0 saturated carbocycles. The predicted molar refractivity (Wildman–Crippen MR) is 80.7 cm³/mol. The maximum absolute atomic E-state index is 10.0. The summed E-state index contributed by atoms with van der Waals surface area (Å²) in [5.74, 6) is 0. The number of aromatic nitrogens is 2. The molecule has 1 aromatic heterocycles. The van der Waals surface area contributed by atoms with Crippen LogP contribution in [-0.2, 0) is 6.54 Å². The second-order valence-electron chi connectivity index (χ2n) is 4.78. The third kappa shape index (κ3) is 4.96.